The summed E-state index contributed by atoms with van der Waals surface area (Å²) in [4.78, 5) is 11.5. The van der Waals surface area contributed by atoms with E-state index in [0.717, 1.165) is 6.42 Å². The van der Waals surface area contributed by atoms with E-state index in [4.69, 9.17) is 0 Å². The van der Waals surface area contributed by atoms with Gasteiger partial charge in [-0.05, 0) is 11.0 Å². The maximum absolute atomic E-state index is 11.5. The summed E-state index contributed by atoms with van der Waals surface area (Å²) in [5.74, 6) is 1.11. The van der Waals surface area contributed by atoms with Gasteiger partial charge in [0.25, 0.3) is 0 Å². The van der Waals surface area contributed by atoms with Crippen molar-refractivity contribution in [2.45, 2.75) is 65.2 Å². The van der Waals surface area contributed by atoms with Crippen molar-refractivity contribution >= 4 is 13.9 Å². The lowest BCUT2D eigenvalue weighted by molar-refractivity contribution is -0.141. The van der Waals surface area contributed by atoms with Gasteiger partial charge in [-0.25, -0.2) is 0 Å². The second-order valence-electron chi connectivity index (χ2n) is 7.38. The highest BCUT2D eigenvalue weighted by Crippen LogP contribution is 2.51. The molecule has 1 aliphatic rings. The number of Topliss-reactive ketones (excluding diaryl/α,β-unsaturated/α-hetero) is 1. The SMILES string of the molecule is CC1(C)C(=O)CC1C[Si](C)(C)C(C)(C)C. The Labute approximate surface area is 95.7 Å². The van der Waals surface area contributed by atoms with Crippen LogP contribution < -0.4 is 0 Å². The largest absolute Gasteiger partial charge is 0.299 e. The number of rotatable bonds is 2. The van der Waals surface area contributed by atoms with Crippen molar-refractivity contribution in [3.8, 4) is 0 Å². The van der Waals surface area contributed by atoms with E-state index in [2.05, 4.69) is 47.7 Å². The molecule has 1 saturated carbocycles. The Hall–Kier alpha value is -0.113. The molecule has 0 aromatic rings. The summed E-state index contributed by atoms with van der Waals surface area (Å²) in [7, 11) is -1.21. The minimum Gasteiger partial charge on any atom is -0.299 e. The minimum absolute atomic E-state index is 0.0322. The molecule has 0 bridgehead atoms. The van der Waals surface area contributed by atoms with Gasteiger partial charge in [-0.2, -0.15) is 0 Å². The van der Waals surface area contributed by atoms with Crippen molar-refractivity contribution in [2.24, 2.45) is 11.3 Å². The van der Waals surface area contributed by atoms with Gasteiger partial charge in [-0.15, -0.1) is 0 Å². The smallest absolute Gasteiger partial charge is 0.139 e. The topological polar surface area (TPSA) is 17.1 Å². The van der Waals surface area contributed by atoms with Crippen LogP contribution in [0.25, 0.3) is 0 Å². The van der Waals surface area contributed by atoms with E-state index in [1.165, 1.54) is 6.04 Å². The van der Waals surface area contributed by atoms with Crippen LogP contribution >= 0.6 is 0 Å². The molecule has 0 aromatic heterocycles. The molecule has 0 spiro atoms. The molecule has 2 heteroatoms. The Morgan fingerprint density at radius 1 is 1.33 bits per heavy atom. The monoisotopic (exact) mass is 226 g/mol. The van der Waals surface area contributed by atoms with E-state index in [-0.39, 0.29) is 5.41 Å². The zero-order valence-electron chi connectivity index (χ0n) is 11.4. The summed E-state index contributed by atoms with van der Waals surface area (Å²) in [6.07, 6.45) is 0.833. The summed E-state index contributed by atoms with van der Waals surface area (Å²) >= 11 is 0. The molecule has 0 N–H and O–H groups in total. The van der Waals surface area contributed by atoms with Crippen LogP contribution in [-0.4, -0.2) is 13.9 Å². The quantitative estimate of drug-likeness (QED) is 0.648. The van der Waals surface area contributed by atoms with Crippen molar-refractivity contribution in [2.75, 3.05) is 0 Å². The van der Waals surface area contributed by atoms with Gasteiger partial charge in [0.2, 0.25) is 0 Å². The predicted octanol–water partition coefficient (Wildman–Crippen LogP) is 4.11. The molecule has 0 aliphatic heterocycles. The lowest BCUT2D eigenvalue weighted by Crippen LogP contribution is -2.50. The molecular weight excluding hydrogens is 200 g/mol. The maximum atomic E-state index is 11.5. The van der Waals surface area contributed by atoms with Crippen molar-refractivity contribution in [3.05, 3.63) is 0 Å². The predicted molar refractivity (Wildman–Crippen MR) is 68.9 cm³/mol. The Morgan fingerprint density at radius 2 is 1.80 bits per heavy atom. The lowest BCUT2D eigenvalue weighted by atomic mass is 9.62. The summed E-state index contributed by atoms with van der Waals surface area (Å²) in [5, 5.41) is 0.446. The first-order valence-corrected chi connectivity index (χ1v) is 9.22. The summed E-state index contributed by atoms with van der Waals surface area (Å²) in [5.41, 5.74) is -0.0322. The lowest BCUT2D eigenvalue weighted by Gasteiger charge is -2.48. The molecule has 1 fully saturated rings. The standard InChI is InChI=1S/C13H26OSi/c1-12(2,3)15(6,7)9-10-8-11(14)13(10,4)5/h10H,8-9H2,1-7H3. The summed E-state index contributed by atoms with van der Waals surface area (Å²) in [6.45, 7) is 16.2. The first kappa shape index (κ1) is 13.0. The molecule has 0 radical (unpaired) electrons. The van der Waals surface area contributed by atoms with E-state index in [9.17, 15) is 4.79 Å². The van der Waals surface area contributed by atoms with Crippen molar-refractivity contribution in [1.82, 2.24) is 0 Å². The minimum atomic E-state index is -1.21. The summed E-state index contributed by atoms with van der Waals surface area (Å²) < 4.78 is 0. The van der Waals surface area contributed by atoms with Crippen LogP contribution in [0.15, 0.2) is 0 Å². The zero-order chi connectivity index (χ0) is 12.1. The maximum Gasteiger partial charge on any atom is 0.139 e. The molecule has 1 aliphatic carbocycles. The first-order chi connectivity index (χ1) is 6.48. The molecule has 0 saturated heterocycles. The zero-order valence-corrected chi connectivity index (χ0v) is 12.4. The third-order valence-electron chi connectivity index (χ3n) is 4.96. The molecule has 1 unspecified atom stereocenters. The van der Waals surface area contributed by atoms with Gasteiger partial charge in [0.15, 0.2) is 0 Å². The molecule has 15 heavy (non-hydrogen) atoms. The molecule has 88 valence electrons. The third kappa shape index (κ3) is 2.20. The van der Waals surface area contributed by atoms with Gasteiger partial charge in [-0.3, -0.25) is 4.79 Å². The molecular formula is C13H26OSi. The second-order valence-corrected chi connectivity index (χ2v) is 13.1. The number of ketones is 1. The van der Waals surface area contributed by atoms with Gasteiger partial charge in [0.05, 0.1) is 8.07 Å². The van der Waals surface area contributed by atoms with Crippen LogP contribution in [0, 0.1) is 11.3 Å². The van der Waals surface area contributed by atoms with Crippen LogP contribution in [-0.2, 0) is 4.79 Å². The Kier molecular flexibility index (Phi) is 2.97. The number of hydrogen-bond donors (Lipinski definition) is 0. The highest BCUT2D eigenvalue weighted by atomic mass is 28.3. The fourth-order valence-electron chi connectivity index (χ4n) is 2.09. The van der Waals surface area contributed by atoms with Gasteiger partial charge in [-0.1, -0.05) is 53.8 Å². The van der Waals surface area contributed by atoms with E-state index in [1.807, 2.05) is 0 Å². The molecule has 0 amide bonds. The average molecular weight is 226 g/mol. The molecule has 0 heterocycles. The van der Waals surface area contributed by atoms with Gasteiger partial charge >= 0.3 is 0 Å². The average Bonchev–Trinajstić information content (AvgIpc) is 2.01. The van der Waals surface area contributed by atoms with Gasteiger partial charge in [0, 0.05) is 11.8 Å². The van der Waals surface area contributed by atoms with Gasteiger partial charge in [0.1, 0.15) is 5.78 Å². The Morgan fingerprint density at radius 3 is 2.07 bits per heavy atom. The fraction of sp³-hybridized carbons (Fsp3) is 0.923. The van der Waals surface area contributed by atoms with Crippen LogP contribution in [0.3, 0.4) is 0 Å². The van der Waals surface area contributed by atoms with Crippen LogP contribution in [0.1, 0.15) is 41.0 Å². The molecule has 1 atom stereocenters. The van der Waals surface area contributed by atoms with E-state index >= 15 is 0 Å². The van der Waals surface area contributed by atoms with E-state index in [0.29, 0.717) is 16.7 Å². The van der Waals surface area contributed by atoms with Crippen molar-refractivity contribution in [1.29, 1.82) is 0 Å². The number of carbonyl (C=O) groups excluding carboxylic acids is 1. The highest BCUT2D eigenvalue weighted by molar-refractivity contribution is 6.80. The van der Waals surface area contributed by atoms with Gasteiger partial charge < -0.3 is 0 Å². The van der Waals surface area contributed by atoms with Crippen LogP contribution in [0.4, 0.5) is 0 Å². The third-order valence-corrected chi connectivity index (χ3v) is 10.5. The normalized spacial score (nSPS) is 26.3. The van der Waals surface area contributed by atoms with E-state index < -0.39 is 8.07 Å². The number of hydrogen-bond acceptors (Lipinski definition) is 1. The van der Waals surface area contributed by atoms with E-state index in [1.54, 1.807) is 0 Å². The fourth-order valence-corrected chi connectivity index (χ4v) is 4.59. The first-order valence-electron chi connectivity index (χ1n) is 6.02. The van der Waals surface area contributed by atoms with Crippen LogP contribution in [0.2, 0.25) is 24.2 Å². The Bertz CT molecular complexity index is 271. The van der Waals surface area contributed by atoms with Crippen molar-refractivity contribution < 1.29 is 4.79 Å². The second kappa shape index (κ2) is 3.44. The highest BCUT2D eigenvalue weighted by Gasteiger charge is 2.50. The molecule has 0 aromatic carbocycles. The van der Waals surface area contributed by atoms with Crippen LogP contribution in [0.5, 0.6) is 0 Å². The molecule has 1 nitrogen and oxygen atoms in total. The van der Waals surface area contributed by atoms with Crippen molar-refractivity contribution in [3.63, 3.8) is 0 Å². The number of carbonyl (C=O) groups is 1. The summed E-state index contributed by atoms with van der Waals surface area (Å²) in [6, 6.07) is 1.30. The Balaban J connectivity index is 2.69. The molecule has 1 rings (SSSR count).